The smallest absolute Gasteiger partial charge is 0.256 e. The number of nitrogens with zero attached hydrogens (tertiary/aromatic N) is 4. The predicted octanol–water partition coefficient (Wildman–Crippen LogP) is 2.51. The normalized spacial score (nSPS) is 20.9. The van der Waals surface area contributed by atoms with Crippen molar-refractivity contribution >= 4 is 16.6 Å². The van der Waals surface area contributed by atoms with Crippen molar-refractivity contribution in [1.29, 1.82) is 0 Å². The van der Waals surface area contributed by atoms with Gasteiger partial charge in [-0.3, -0.25) is 9.97 Å². The van der Waals surface area contributed by atoms with E-state index in [0.717, 1.165) is 29.6 Å². The Morgan fingerprint density at radius 3 is 3.13 bits per heavy atom. The molecule has 1 aliphatic heterocycles. The molecule has 0 bridgehead atoms. The van der Waals surface area contributed by atoms with E-state index in [4.69, 9.17) is 9.26 Å². The van der Waals surface area contributed by atoms with Crippen LogP contribution in [0.25, 0.3) is 10.9 Å². The summed E-state index contributed by atoms with van der Waals surface area (Å²) in [6.45, 7) is 3.28. The van der Waals surface area contributed by atoms with Gasteiger partial charge in [0.05, 0.1) is 5.52 Å². The summed E-state index contributed by atoms with van der Waals surface area (Å²) < 4.78 is 11.0. The largest absolute Gasteiger partial charge is 0.384 e. The molecule has 3 aromatic heterocycles. The average molecular weight is 311 g/mol. The average Bonchev–Trinajstić information content (AvgIpc) is 3.21. The van der Waals surface area contributed by atoms with Crippen LogP contribution in [0.15, 0.2) is 35.2 Å². The number of hydrogen-bond donors (Lipinski definition) is 1. The lowest BCUT2D eigenvalue weighted by Crippen LogP contribution is -2.18. The second kappa shape index (κ2) is 5.92. The highest BCUT2D eigenvalue weighted by molar-refractivity contribution is 5.90. The van der Waals surface area contributed by atoms with Crippen molar-refractivity contribution < 1.29 is 9.26 Å². The van der Waals surface area contributed by atoms with Crippen LogP contribution in [0.2, 0.25) is 0 Å². The summed E-state index contributed by atoms with van der Waals surface area (Å²) in [5.74, 6) is 1.48. The molecule has 23 heavy (non-hydrogen) atoms. The van der Waals surface area contributed by atoms with E-state index in [0.29, 0.717) is 18.3 Å². The molecule has 0 saturated carbocycles. The standard InChI is InChI=1S/C16H17N5O2/c1-10-20-16(23-21-10)15-11(4-7-22-15)8-19-14-3-6-18-13-2-5-17-9-12(13)14/h2-3,5-6,9,11,15H,4,7-8H2,1H3,(H,18,19)/t11-,15-/m0/s1. The molecular formula is C16H17N5O2. The van der Waals surface area contributed by atoms with Gasteiger partial charge in [-0.2, -0.15) is 4.98 Å². The third-order valence-electron chi connectivity index (χ3n) is 4.10. The molecule has 3 aromatic rings. The van der Waals surface area contributed by atoms with Crippen molar-refractivity contribution in [3.63, 3.8) is 0 Å². The van der Waals surface area contributed by atoms with Gasteiger partial charge in [-0.1, -0.05) is 5.16 Å². The van der Waals surface area contributed by atoms with E-state index >= 15 is 0 Å². The monoisotopic (exact) mass is 311 g/mol. The third-order valence-corrected chi connectivity index (χ3v) is 4.10. The van der Waals surface area contributed by atoms with Gasteiger partial charge in [0.15, 0.2) is 5.82 Å². The van der Waals surface area contributed by atoms with E-state index in [1.54, 1.807) is 12.4 Å². The molecule has 4 heterocycles. The first-order chi connectivity index (χ1) is 11.3. The second-order valence-corrected chi connectivity index (χ2v) is 5.65. The number of nitrogens with one attached hydrogen (secondary N) is 1. The van der Waals surface area contributed by atoms with Gasteiger partial charge in [0.25, 0.3) is 5.89 Å². The van der Waals surface area contributed by atoms with Crippen LogP contribution in [0.4, 0.5) is 5.69 Å². The van der Waals surface area contributed by atoms with E-state index in [2.05, 4.69) is 25.4 Å². The first kappa shape index (κ1) is 14.1. The quantitative estimate of drug-likeness (QED) is 0.792. The minimum Gasteiger partial charge on any atom is -0.384 e. The molecule has 2 atom stereocenters. The van der Waals surface area contributed by atoms with Crippen LogP contribution in [0.1, 0.15) is 24.2 Å². The zero-order chi connectivity index (χ0) is 15.6. The summed E-state index contributed by atoms with van der Waals surface area (Å²) in [5, 5.41) is 8.35. The maximum atomic E-state index is 5.78. The molecule has 1 fully saturated rings. The van der Waals surface area contributed by atoms with Gasteiger partial charge < -0.3 is 14.6 Å². The SMILES string of the molecule is Cc1noc([C@H]2OCC[C@H]2CNc2ccnc3ccncc23)n1. The minimum absolute atomic E-state index is 0.144. The number of pyridine rings is 2. The lowest BCUT2D eigenvalue weighted by Gasteiger charge is -2.17. The summed E-state index contributed by atoms with van der Waals surface area (Å²) in [6, 6.07) is 3.87. The molecule has 7 heteroatoms. The number of fused-ring (bicyclic) bond motifs is 1. The first-order valence-corrected chi connectivity index (χ1v) is 7.65. The van der Waals surface area contributed by atoms with Crippen LogP contribution < -0.4 is 5.32 Å². The van der Waals surface area contributed by atoms with Crippen LogP contribution >= 0.6 is 0 Å². The lowest BCUT2D eigenvalue weighted by atomic mass is 10.0. The van der Waals surface area contributed by atoms with Crippen LogP contribution in [0.5, 0.6) is 0 Å². The molecule has 0 spiro atoms. The maximum Gasteiger partial charge on any atom is 0.256 e. The van der Waals surface area contributed by atoms with Crippen molar-refractivity contribution in [2.24, 2.45) is 5.92 Å². The number of ether oxygens (including phenoxy) is 1. The number of rotatable bonds is 4. The van der Waals surface area contributed by atoms with Crippen LogP contribution in [-0.2, 0) is 4.74 Å². The highest BCUT2D eigenvalue weighted by atomic mass is 16.5. The second-order valence-electron chi connectivity index (χ2n) is 5.65. The maximum absolute atomic E-state index is 5.78. The number of aryl methyl sites for hydroxylation is 1. The molecule has 118 valence electrons. The van der Waals surface area contributed by atoms with Crippen molar-refractivity contribution in [3.05, 3.63) is 42.4 Å². The molecule has 4 rings (SSSR count). The summed E-state index contributed by atoms with van der Waals surface area (Å²) in [4.78, 5) is 12.8. The molecule has 1 N–H and O–H groups in total. The molecule has 0 unspecified atom stereocenters. The Kier molecular flexibility index (Phi) is 3.63. The van der Waals surface area contributed by atoms with Gasteiger partial charge >= 0.3 is 0 Å². The molecule has 0 radical (unpaired) electrons. The van der Waals surface area contributed by atoms with Crippen molar-refractivity contribution in [2.45, 2.75) is 19.4 Å². The molecule has 0 amide bonds. The van der Waals surface area contributed by atoms with Gasteiger partial charge in [-0.25, -0.2) is 0 Å². The van der Waals surface area contributed by atoms with Crippen LogP contribution in [0, 0.1) is 12.8 Å². The van der Waals surface area contributed by atoms with Gasteiger partial charge in [0.2, 0.25) is 0 Å². The number of anilines is 1. The van der Waals surface area contributed by atoms with E-state index in [9.17, 15) is 0 Å². The molecular weight excluding hydrogens is 294 g/mol. The summed E-state index contributed by atoms with van der Waals surface area (Å²) in [7, 11) is 0. The Morgan fingerprint density at radius 2 is 2.26 bits per heavy atom. The molecule has 1 aliphatic rings. The van der Waals surface area contributed by atoms with Crippen molar-refractivity contribution in [1.82, 2.24) is 20.1 Å². The Balaban J connectivity index is 1.51. The van der Waals surface area contributed by atoms with E-state index in [-0.39, 0.29) is 12.0 Å². The van der Waals surface area contributed by atoms with Crippen LogP contribution in [-0.4, -0.2) is 33.3 Å². The predicted molar refractivity (Wildman–Crippen MR) is 83.9 cm³/mol. The van der Waals surface area contributed by atoms with Gasteiger partial charge in [0.1, 0.15) is 6.10 Å². The Morgan fingerprint density at radius 1 is 1.30 bits per heavy atom. The zero-order valence-corrected chi connectivity index (χ0v) is 12.8. The molecule has 0 aliphatic carbocycles. The Labute approximate surface area is 133 Å². The fourth-order valence-electron chi connectivity index (χ4n) is 2.93. The van der Waals surface area contributed by atoms with E-state index < -0.39 is 0 Å². The number of aromatic nitrogens is 4. The Bertz CT molecular complexity index is 814. The molecule has 1 saturated heterocycles. The number of hydrogen-bond acceptors (Lipinski definition) is 7. The van der Waals surface area contributed by atoms with Gasteiger partial charge in [0, 0.05) is 48.7 Å². The third kappa shape index (κ3) is 2.75. The topological polar surface area (TPSA) is 86.0 Å². The summed E-state index contributed by atoms with van der Waals surface area (Å²) in [6.07, 6.45) is 6.19. The minimum atomic E-state index is -0.144. The Hall–Kier alpha value is -2.54. The van der Waals surface area contributed by atoms with E-state index in [1.807, 2.05) is 25.3 Å². The highest BCUT2D eigenvalue weighted by Gasteiger charge is 2.33. The molecule has 0 aromatic carbocycles. The first-order valence-electron chi connectivity index (χ1n) is 7.65. The van der Waals surface area contributed by atoms with Crippen molar-refractivity contribution in [3.8, 4) is 0 Å². The zero-order valence-electron chi connectivity index (χ0n) is 12.8. The van der Waals surface area contributed by atoms with Gasteiger partial charge in [-0.05, 0) is 25.5 Å². The molecule has 7 nitrogen and oxygen atoms in total. The van der Waals surface area contributed by atoms with Crippen LogP contribution in [0.3, 0.4) is 0 Å². The fraction of sp³-hybridized carbons (Fsp3) is 0.375. The van der Waals surface area contributed by atoms with Gasteiger partial charge in [-0.15, -0.1) is 0 Å². The lowest BCUT2D eigenvalue weighted by molar-refractivity contribution is 0.0650. The fourth-order valence-corrected chi connectivity index (χ4v) is 2.93. The summed E-state index contributed by atoms with van der Waals surface area (Å²) in [5.41, 5.74) is 1.95. The van der Waals surface area contributed by atoms with Crippen molar-refractivity contribution in [2.75, 3.05) is 18.5 Å². The van der Waals surface area contributed by atoms with E-state index in [1.165, 1.54) is 0 Å². The summed E-state index contributed by atoms with van der Waals surface area (Å²) >= 11 is 0. The highest BCUT2D eigenvalue weighted by Crippen LogP contribution is 2.34.